The van der Waals surface area contributed by atoms with Gasteiger partial charge in [-0.1, -0.05) is 29.7 Å². The number of carbonyl (C=O) groups excluding carboxylic acids is 1. The fourth-order valence-corrected chi connectivity index (χ4v) is 2.87. The van der Waals surface area contributed by atoms with Crippen molar-refractivity contribution in [3.05, 3.63) is 29.8 Å². The third-order valence-electron chi connectivity index (χ3n) is 2.02. The molecule has 4 heteroatoms. The van der Waals surface area contributed by atoms with E-state index in [1.54, 1.807) is 6.92 Å². The monoisotopic (exact) mass is 224 g/mol. The third kappa shape index (κ3) is 2.82. The van der Waals surface area contributed by atoms with Crippen molar-refractivity contribution in [2.24, 2.45) is 0 Å². The molecule has 1 nitrogen and oxygen atoms in total. The summed E-state index contributed by atoms with van der Waals surface area (Å²) in [6, 6.07) is 7.87. The van der Waals surface area contributed by atoms with Gasteiger partial charge in [0.05, 0.1) is 0 Å². The van der Waals surface area contributed by atoms with Gasteiger partial charge in [-0.25, -0.2) is 0 Å². The molecule has 0 aliphatic rings. The van der Waals surface area contributed by atoms with Crippen molar-refractivity contribution in [2.75, 3.05) is 12.5 Å². The Labute approximate surface area is 93.9 Å². The Kier molecular flexibility index (Phi) is 4.62. The van der Waals surface area contributed by atoms with Crippen LogP contribution in [-0.2, 0) is 0 Å². The van der Waals surface area contributed by atoms with Gasteiger partial charge in [0, 0.05) is 5.56 Å². The van der Waals surface area contributed by atoms with Crippen molar-refractivity contribution < 1.29 is 4.79 Å². The molecule has 1 aromatic rings. The van der Waals surface area contributed by atoms with Gasteiger partial charge in [0.1, 0.15) is 0 Å². The highest BCUT2D eigenvalue weighted by Gasteiger charge is 2.13. The molecule has 1 rings (SSSR count). The highest BCUT2D eigenvalue weighted by Crippen LogP contribution is 2.13. The van der Waals surface area contributed by atoms with E-state index in [-0.39, 0.29) is 5.78 Å². The van der Waals surface area contributed by atoms with E-state index in [1.807, 2.05) is 47.5 Å². The van der Waals surface area contributed by atoms with Gasteiger partial charge in [-0.3, -0.25) is 4.79 Å². The van der Waals surface area contributed by atoms with Gasteiger partial charge < -0.3 is 0 Å². The van der Waals surface area contributed by atoms with Crippen LogP contribution in [0.3, 0.4) is 0 Å². The summed E-state index contributed by atoms with van der Waals surface area (Å²) < 4.78 is 0. The zero-order valence-electron chi connectivity index (χ0n) is 8.61. The first-order chi connectivity index (χ1) is 6.69. The van der Waals surface area contributed by atoms with Crippen LogP contribution < -0.4 is 5.46 Å². The molecule has 0 unspecified atom stereocenters. The van der Waals surface area contributed by atoms with Gasteiger partial charge >= 0.3 is 5.27 Å². The molecule has 0 N–H and O–H groups in total. The lowest BCUT2D eigenvalue weighted by Gasteiger charge is -2.07. The molecule has 0 saturated carbocycles. The molecule has 0 fully saturated rings. The van der Waals surface area contributed by atoms with E-state index >= 15 is 0 Å². The largest absolute Gasteiger partial charge is 0.307 e. The lowest BCUT2D eigenvalue weighted by molar-refractivity contribution is 0.101. The van der Waals surface area contributed by atoms with E-state index in [2.05, 4.69) is 12.5 Å². The number of hydrogen-bond acceptors (Lipinski definition) is 3. The average Bonchev–Trinajstić information content (AvgIpc) is 2.20. The van der Waals surface area contributed by atoms with Crippen LogP contribution in [0.5, 0.6) is 0 Å². The smallest absolute Gasteiger partial charge is 0.295 e. The summed E-state index contributed by atoms with van der Waals surface area (Å²) in [4.78, 5) is 11.1. The molecule has 0 aromatic heterocycles. The van der Waals surface area contributed by atoms with Crippen LogP contribution in [0.2, 0.25) is 0 Å². The molecule has 0 amide bonds. The third-order valence-corrected chi connectivity index (χ3v) is 4.57. The summed E-state index contributed by atoms with van der Waals surface area (Å²) in [6.45, 7) is 1.59. The fraction of sp³-hybridized carbons (Fsp3) is 0.300. The van der Waals surface area contributed by atoms with E-state index in [0.717, 1.165) is 5.56 Å². The van der Waals surface area contributed by atoms with E-state index < -0.39 is 0 Å². The number of rotatable bonds is 4. The minimum absolute atomic E-state index is 0.126. The second-order valence-electron chi connectivity index (χ2n) is 2.98. The summed E-state index contributed by atoms with van der Waals surface area (Å²) in [6.07, 6.45) is 4.19. The standard InChI is InChI=1S/C10H13BOS2/c1-8(12)9-4-6-10(7-5-9)11(13-2)14-3/h4-7H,1-3H3. The van der Waals surface area contributed by atoms with Gasteiger partial charge in [-0.15, -0.1) is 0 Å². The number of hydrogen-bond donors (Lipinski definition) is 0. The van der Waals surface area contributed by atoms with Gasteiger partial charge in [-0.05, 0) is 19.4 Å². The first-order valence-corrected chi connectivity index (χ1v) is 6.93. The molecule has 0 aliphatic carbocycles. The van der Waals surface area contributed by atoms with E-state index in [0.29, 0.717) is 5.27 Å². The number of benzene rings is 1. The van der Waals surface area contributed by atoms with E-state index in [1.165, 1.54) is 5.46 Å². The maximum absolute atomic E-state index is 11.1. The van der Waals surface area contributed by atoms with Crippen LogP contribution in [0, 0.1) is 0 Å². The lowest BCUT2D eigenvalue weighted by atomic mass is 9.91. The van der Waals surface area contributed by atoms with Gasteiger partial charge in [0.2, 0.25) is 0 Å². The van der Waals surface area contributed by atoms with Crippen LogP contribution in [-0.4, -0.2) is 23.6 Å². The Morgan fingerprint density at radius 3 is 2.00 bits per heavy atom. The van der Waals surface area contributed by atoms with Gasteiger partial charge in [0.15, 0.2) is 5.78 Å². The minimum atomic E-state index is 0.126. The van der Waals surface area contributed by atoms with Crippen molar-refractivity contribution >= 4 is 39.7 Å². The topological polar surface area (TPSA) is 17.1 Å². The van der Waals surface area contributed by atoms with Crippen molar-refractivity contribution in [1.29, 1.82) is 0 Å². The molecule has 0 heterocycles. The molecular formula is C10H13BOS2. The van der Waals surface area contributed by atoms with Gasteiger partial charge in [0.25, 0.3) is 0 Å². The highest BCUT2D eigenvalue weighted by molar-refractivity contribution is 8.55. The lowest BCUT2D eigenvalue weighted by Crippen LogP contribution is -2.22. The predicted octanol–water partition coefficient (Wildman–Crippen LogP) is 2.31. The average molecular weight is 224 g/mol. The Hall–Kier alpha value is -0.345. The number of Topliss-reactive ketones (excluding diaryl/α,β-unsaturated/α-hetero) is 1. The fourth-order valence-electron chi connectivity index (χ4n) is 1.24. The van der Waals surface area contributed by atoms with Crippen molar-refractivity contribution in [3.63, 3.8) is 0 Å². The minimum Gasteiger partial charge on any atom is -0.295 e. The first-order valence-electron chi connectivity index (χ1n) is 4.35. The molecule has 14 heavy (non-hydrogen) atoms. The number of ketones is 1. The van der Waals surface area contributed by atoms with E-state index in [9.17, 15) is 4.79 Å². The molecule has 0 radical (unpaired) electrons. The Morgan fingerprint density at radius 2 is 1.64 bits per heavy atom. The maximum atomic E-state index is 11.1. The zero-order chi connectivity index (χ0) is 10.6. The van der Waals surface area contributed by atoms with Crippen LogP contribution in [0.25, 0.3) is 0 Å². The molecule has 0 saturated heterocycles. The molecule has 1 aromatic carbocycles. The second-order valence-corrected chi connectivity index (χ2v) is 5.17. The van der Waals surface area contributed by atoms with Gasteiger partial charge in [-0.2, -0.15) is 23.2 Å². The summed E-state index contributed by atoms with van der Waals surface area (Å²) in [5, 5.41) is 0.469. The molecular weight excluding hydrogens is 211 g/mol. The quantitative estimate of drug-likeness (QED) is 0.577. The van der Waals surface area contributed by atoms with E-state index in [4.69, 9.17) is 0 Å². The molecule has 0 bridgehead atoms. The zero-order valence-corrected chi connectivity index (χ0v) is 10.2. The molecule has 74 valence electrons. The summed E-state index contributed by atoms with van der Waals surface area (Å²) in [5.41, 5.74) is 2.06. The SMILES string of the molecule is CSB(SC)c1ccc(C(C)=O)cc1. The highest BCUT2D eigenvalue weighted by atomic mass is 32.2. The maximum Gasteiger partial charge on any atom is 0.307 e. The second kappa shape index (κ2) is 5.52. The molecule has 0 atom stereocenters. The van der Waals surface area contributed by atoms with Crippen LogP contribution in [0.15, 0.2) is 24.3 Å². The number of carbonyl (C=O) groups is 1. The Balaban J connectivity index is 2.87. The Bertz CT molecular complexity index is 306. The van der Waals surface area contributed by atoms with Crippen LogP contribution in [0.4, 0.5) is 0 Å². The summed E-state index contributed by atoms with van der Waals surface area (Å²) in [7, 11) is 0. The molecule has 0 aliphatic heterocycles. The van der Waals surface area contributed by atoms with Crippen molar-refractivity contribution in [3.8, 4) is 0 Å². The summed E-state index contributed by atoms with van der Waals surface area (Å²) >= 11 is 3.63. The predicted molar refractivity (Wildman–Crippen MR) is 68.9 cm³/mol. The molecule has 0 spiro atoms. The first kappa shape index (κ1) is 11.7. The summed E-state index contributed by atoms with van der Waals surface area (Å²) in [5.74, 6) is 0.126. The Morgan fingerprint density at radius 1 is 1.14 bits per heavy atom. The van der Waals surface area contributed by atoms with Crippen LogP contribution >= 0.6 is 23.2 Å². The van der Waals surface area contributed by atoms with Crippen molar-refractivity contribution in [1.82, 2.24) is 0 Å². The normalized spacial score (nSPS) is 9.93. The van der Waals surface area contributed by atoms with Crippen molar-refractivity contribution in [2.45, 2.75) is 6.92 Å². The van der Waals surface area contributed by atoms with Crippen LogP contribution in [0.1, 0.15) is 17.3 Å².